The van der Waals surface area contributed by atoms with Crippen LogP contribution in [0.25, 0.3) is 0 Å². The molecule has 6 heteroatoms. The van der Waals surface area contributed by atoms with Crippen LogP contribution in [0.3, 0.4) is 0 Å². The van der Waals surface area contributed by atoms with Gasteiger partial charge in [-0.1, -0.05) is 17.3 Å². The molecule has 3 rings (SSSR count). The largest absolute Gasteiger partial charge is 0.360 e. The molecule has 2 aromatic heterocycles. The van der Waals surface area contributed by atoms with Crippen molar-refractivity contribution in [2.75, 3.05) is 10.6 Å². The van der Waals surface area contributed by atoms with Crippen molar-refractivity contribution in [3.05, 3.63) is 52.9 Å². The van der Waals surface area contributed by atoms with Crippen LogP contribution < -0.4 is 10.6 Å². The van der Waals surface area contributed by atoms with Crippen LogP contribution >= 0.6 is 0 Å². The van der Waals surface area contributed by atoms with E-state index in [0.717, 1.165) is 28.5 Å². The maximum atomic E-state index is 5.04. The second-order valence-corrected chi connectivity index (χ2v) is 5.61. The average molecular weight is 309 g/mol. The molecule has 0 unspecified atom stereocenters. The zero-order valence-corrected chi connectivity index (χ0v) is 13.6. The average Bonchev–Trinajstić information content (AvgIpc) is 2.87. The number of aryl methyl sites for hydroxylation is 4. The molecule has 0 atom stereocenters. The number of anilines is 4. The van der Waals surface area contributed by atoms with E-state index in [2.05, 4.69) is 57.8 Å². The lowest BCUT2D eigenvalue weighted by Crippen LogP contribution is -2.03. The number of aromatic nitrogens is 3. The minimum absolute atomic E-state index is 0.478. The molecule has 0 fully saturated rings. The molecule has 118 valence electrons. The highest BCUT2D eigenvalue weighted by Gasteiger charge is 2.07. The summed E-state index contributed by atoms with van der Waals surface area (Å²) in [5, 5.41) is 10.3. The SMILES string of the molecule is Cc1ccc(C)c(Nc2cc(C)nc(Nc3cc(C)on3)n2)c1. The second-order valence-electron chi connectivity index (χ2n) is 5.61. The van der Waals surface area contributed by atoms with Crippen LogP contribution in [0.4, 0.5) is 23.3 Å². The van der Waals surface area contributed by atoms with Gasteiger partial charge in [-0.3, -0.25) is 0 Å². The zero-order chi connectivity index (χ0) is 16.4. The van der Waals surface area contributed by atoms with Gasteiger partial charge >= 0.3 is 0 Å². The quantitative estimate of drug-likeness (QED) is 0.752. The third-order valence-electron chi connectivity index (χ3n) is 3.38. The van der Waals surface area contributed by atoms with Gasteiger partial charge < -0.3 is 15.2 Å². The van der Waals surface area contributed by atoms with Gasteiger partial charge in [-0.15, -0.1) is 0 Å². The molecule has 0 aliphatic rings. The smallest absolute Gasteiger partial charge is 0.230 e. The van der Waals surface area contributed by atoms with Crippen molar-refractivity contribution in [2.24, 2.45) is 0 Å². The first-order valence-electron chi connectivity index (χ1n) is 7.40. The summed E-state index contributed by atoms with van der Waals surface area (Å²) in [6, 6.07) is 9.97. The van der Waals surface area contributed by atoms with Crippen molar-refractivity contribution in [2.45, 2.75) is 27.7 Å². The van der Waals surface area contributed by atoms with Gasteiger partial charge in [-0.05, 0) is 44.9 Å². The fraction of sp³-hybridized carbons (Fsp3) is 0.235. The first-order chi connectivity index (χ1) is 11.0. The Morgan fingerprint density at radius 1 is 0.870 bits per heavy atom. The number of benzene rings is 1. The Morgan fingerprint density at radius 3 is 2.43 bits per heavy atom. The molecule has 0 aliphatic heterocycles. The molecule has 1 aromatic carbocycles. The van der Waals surface area contributed by atoms with Gasteiger partial charge in [-0.25, -0.2) is 4.98 Å². The Balaban J connectivity index is 1.86. The van der Waals surface area contributed by atoms with E-state index in [1.165, 1.54) is 5.56 Å². The van der Waals surface area contributed by atoms with Crippen LogP contribution in [-0.2, 0) is 0 Å². The Morgan fingerprint density at radius 2 is 1.70 bits per heavy atom. The van der Waals surface area contributed by atoms with Gasteiger partial charge in [0, 0.05) is 23.5 Å². The van der Waals surface area contributed by atoms with Crippen LogP contribution in [0.15, 0.2) is 34.9 Å². The summed E-state index contributed by atoms with van der Waals surface area (Å²) >= 11 is 0. The number of nitrogens with one attached hydrogen (secondary N) is 2. The van der Waals surface area contributed by atoms with E-state index in [1.807, 2.05) is 19.9 Å². The maximum Gasteiger partial charge on any atom is 0.230 e. The highest BCUT2D eigenvalue weighted by atomic mass is 16.5. The standard InChI is InChI=1S/C17H19N5O/c1-10-5-6-11(2)14(7-10)19-15-8-12(3)18-17(20-15)21-16-9-13(4)23-22-16/h5-9H,1-4H3,(H2,18,19,20,21,22). The molecule has 0 saturated carbocycles. The molecule has 0 spiro atoms. The van der Waals surface area contributed by atoms with E-state index in [-0.39, 0.29) is 0 Å². The molecule has 0 radical (unpaired) electrons. The van der Waals surface area contributed by atoms with Gasteiger partial charge in [0.15, 0.2) is 5.82 Å². The van der Waals surface area contributed by atoms with Gasteiger partial charge in [0.1, 0.15) is 11.6 Å². The fourth-order valence-corrected chi connectivity index (χ4v) is 2.24. The summed E-state index contributed by atoms with van der Waals surface area (Å²) in [7, 11) is 0. The number of nitrogens with zero attached hydrogens (tertiary/aromatic N) is 3. The Kier molecular flexibility index (Phi) is 3.97. The lowest BCUT2D eigenvalue weighted by Gasteiger charge is -2.11. The molecule has 0 aliphatic carbocycles. The number of rotatable bonds is 4. The van der Waals surface area contributed by atoms with Crippen molar-refractivity contribution in [3.8, 4) is 0 Å². The fourth-order valence-electron chi connectivity index (χ4n) is 2.24. The number of hydrogen-bond acceptors (Lipinski definition) is 6. The molecule has 0 saturated heterocycles. The normalized spacial score (nSPS) is 10.6. The molecule has 3 aromatic rings. The lowest BCUT2D eigenvalue weighted by atomic mass is 10.1. The zero-order valence-electron chi connectivity index (χ0n) is 13.6. The molecular weight excluding hydrogens is 290 g/mol. The first-order valence-corrected chi connectivity index (χ1v) is 7.40. The molecule has 6 nitrogen and oxygen atoms in total. The third kappa shape index (κ3) is 3.66. The predicted molar refractivity (Wildman–Crippen MR) is 90.5 cm³/mol. The summed E-state index contributed by atoms with van der Waals surface area (Å²) in [6.45, 7) is 7.89. The van der Waals surface area contributed by atoms with E-state index in [4.69, 9.17) is 4.52 Å². The molecular formula is C17H19N5O. The monoisotopic (exact) mass is 309 g/mol. The van der Waals surface area contributed by atoms with Crippen LogP contribution in [0.5, 0.6) is 0 Å². The molecule has 2 N–H and O–H groups in total. The second kappa shape index (κ2) is 6.08. The summed E-state index contributed by atoms with van der Waals surface area (Å²) < 4.78 is 5.04. The van der Waals surface area contributed by atoms with Crippen molar-refractivity contribution in [1.82, 2.24) is 15.1 Å². The Labute approximate surface area is 135 Å². The van der Waals surface area contributed by atoms with Crippen LogP contribution in [0.2, 0.25) is 0 Å². The van der Waals surface area contributed by atoms with Crippen LogP contribution in [0.1, 0.15) is 22.6 Å². The summed E-state index contributed by atoms with van der Waals surface area (Å²) in [5.74, 6) is 2.53. The van der Waals surface area contributed by atoms with Crippen molar-refractivity contribution in [3.63, 3.8) is 0 Å². The van der Waals surface area contributed by atoms with E-state index >= 15 is 0 Å². The lowest BCUT2D eigenvalue weighted by molar-refractivity contribution is 0.400. The summed E-state index contributed by atoms with van der Waals surface area (Å²) in [4.78, 5) is 8.87. The molecule has 23 heavy (non-hydrogen) atoms. The van der Waals surface area contributed by atoms with E-state index in [1.54, 1.807) is 6.07 Å². The minimum atomic E-state index is 0.478. The van der Waals surface area contributed by atoms with Crippen molar-refractivity contribution >= 4 is 23.3 Å². The Bertz CT molecular complexity index is 841. The third-order valence-corrected chi connectivity index (χ3v) is 3.38. The predicted octanol–water partition coefficient (Wildman–Crippen LogP) is 4.19. The van der Waals surface area contributed by atoms with Gasteiger partial charge in [0.05, 0.1) is 0 Å². The first kappa shape index (κ1) is 15.0. The van der Waals surface area contributed by atoms with Gasteiger partial charge in [0.2, 0.25) is 5.95 Å². The maximum absolute atomic E-state index is 5.04. The van der Waals surface area contributed by atoms with Crippen LogP contribution in [-0.4, -0.2) is 15.1 Å². The number of hydrogen-bond donors (Lipinski definition) is 2. The Hall–Kier alpha value is -2.89. The highest BCUT2D eigenvalue weighted by molar-refractivity contribution is 5.63. The topological polar surface area (TPSA) is 75.9 Å². The van der Waals surface area contributed by atoms with Gasteiger partial charge in [0.25, 0.3) is 0 Å². The van der Waals surface area contributed by atoms with E-state index < -0.39 is 0 Å². The van der Waals surface area contributed by atoms with Crippen molar-refractivity contribution < 1.29 is 4.52 Å². The van der Waals surface area contributed by atoms with Gasteiger partial charge in [-0.2, -0.15) is 4.98 Å². The molecule has 2 heterocycles. The minimum Gasteiger partial charge on any atom is -0.360 e. The molecule has 0 bridgehead atoms. The van der Waals surface area contributed by atoms with E-state index in [9.17, 15) is 0 Å². The van der Waals surface area contributed by atoms with Crippen LogP contribution in [0, 0.1) is 27.7 Å². The molecule has 0 amide bonds. The van der Waals surface area contributed by atoms with Crippen molar-refractivity contribution in [1.29, 1.82) is 0 Å². The highest BCUT2D eigenvalue weighted by Crippen LogP contribution is 2.22. The summed E-state index contributed by atoms with van der Waals surface area (Å²) in [5.41, 5.74) is 4.25. The van der Waals surface area contributed by atoms with E-state index in [0.29, 0.717) is 11.8 Å². The summed E-state index contributed by atoms with van der Waals surface area (Å²) in [6.07, 6.45) is 0.